The topological polar surface area (TPSA) is 108 Å². The number of carbonyl (C=O) groups is 4. The Balaban J connectivity index is 1.03. The number of piperidine rings is 1. The van der Waals surface area contributed by atoms with E-state index in [0.29, 0.717) is 40.2 Å². The molecular formula is C30H42N4O4. The molecule has 1 aromatic rings. The first-order valence-corrected chi connectivity index (χ1v) is 14.5. The molecule has 4 amide bonds. The maximum absolute atomic E-state index is 13.2. The number of fused-ring (bicyclic) bond motifs is 3. The van der Waals surface area contributed by atoms with Crippen molar-refractivity contribution in [3.8, 4) is 0 Å². The first-order valence-electron chi connectivity index (χ1n) is 14.5. The number of hydrogen-bond acceptors (Lipinski definition) is 6. The van der Waals surface area contributed by atoms with E-state index >= 15 is 0 Å². The SMILES string of the molecule is CC1(C)[C@@H]2CC[C@@]1(C)[C@@H](NCCCCCCCNc1cccc3c1C(=O)N(C1CCC(=O)NC1=O)C3=O)C2. The Hall–Kier alpha value is -2.74. The fraction of sp³-hybridized carbons (Fsp3) is 0.667. The van der Waals surface area contributed by atoms with Gasteiger partial charge in [-0.05, 0) is 74.0 Å². The number of rotatable bonds is 11. The summed E-state index contributed by atoms with van der Waals surface area (Å²) in [6, 6.07) is 4.90. The van der Waals surface area contributed by atoms with Crippen molar-refractivity contribution in [2.75, 3.05) is 18.4 Å². The van der Waals surface area contributed by atoms with Crippen LogP contribution in [0.5, 0.6) is 0 Å². The lowest BCUT2D eigenvalue weighted by molar-refractivity contribution is -0.136. The fourth-order valence-electron chi connectivity index (χ4n) is 7.45. The molecule has 3 fully saturated rings. The Labute approximate surface area is 225 Å². The Kier molecular flexibility index (Phi) is 7.37. The molecule has 2 saturated carbocycles. The smallest absolute Gasteiger partial charge is 0.264 e. The van der Waals surface area contributed by atoms with Crippen LogP contribution >= 0.6 is 0 Å². The van der Waals surface area contributed by atoms with E-state index in [4.69, 9.17) is 0 Å². The maximum Gasteiger partial charge on any atom is 0.264 e. The summed E-state index contributed by atoms with van der Waals surface area (Å²) in [5.41, 5.74) is 2.15. The standard InChI is InChI=1S/C30H42N4O4/c1-29(2)19-14-15-30(29,3)23(18-19)32-17-8-6-4-5-7-16-31-21-11-9-10-20-25(21)28(38)34(27(20)37)22-12-13-24(35)33-26(22)36/h9-11,19,22-23,31-32H,4-8,12-18H2,1-3H3,(H,33,35,36)/t19-,22?,23+,30+/m1/s1. The highest BCUT2D eigenvalue weighted by Gasteiger charge is 2.60. The lowest BCUT2D eigenvalue weighted by Gasteiger charge is -2.39. The molecule has 38 heavy (non-hydrogen) atoms. The summed E-state index contributed by atoms with van der Waals surface area (Å²) >= 11 is 0. The van der Waals surface area contributed by atoms with Gasteiger partial charge < -0.3 is 10.6 Å². The predicted molar refractivity (Wildman–Crippen MR) is 146 cm³/mol. The van der Waals surface area contributed by atoms with Crippen molar-refractivity contribution >= 4 is 29.3 Å². The van der Waals surface area contributed by atoms with Crippen LogP contribution in [0, 0.1) is 16.7 Å². The first-order chi connectivity index (χ1) is 18.1. The Morgan fingerprint density at radius 3 is 2.37 bits per heavy atom. The molecule has 1 aromatic carbocycles. The summed E-state index contributed by atoms with van der Waals surface area (Å²) < 4.78 is 0. The number of carbonyl (C=O) groups excluding carboxylic acids is 4. The third-order valence-corrected chi connectivity index (χ3v) is 10.3. The average molecular weight is 523 g/mol. The van der Waals surface area contributed by atoms with Gasteiger partial charge in [-0.25, -0.2) is 0 Å². The van der Waals surface area contributed by atoms with Crippen molar-refractivity contribution in [2.45, 2.75) is 97.1 Å². The number of imide groups is 2. The highest BCUT2D eigenvalue weighted by molar-refractivity contribution is 6.25. The fourth-order valence-corrected chi connectivity index (χ4v) is 7.45. The van der Waals surface area contributed by atoms with Gasteiger partial charge in [0.15, 0.2) is 0 Å². The van der Waals surface area contributed by atoms with E-state index in [9.17, 15) is 19.2 Å². The third kappa shape index (κ3) is 4.55. The maximum atomic E-state index is 13.2. The molecule has 8 heteroatoms. The van der Waals surface area contributed by atoms with Crippen molar-refractivity contribution in [1.29, 1.82) is 0 Å². The minimum Gasteiger partial charge on any atom is -0.384 e. The minimum absolute atomic E-state index is 0.115. The summed E-state index contributed by atoms with van der Waals surface area (Å²) in [5, 5.41) is 9.45. The summed E-state index contributed by atoms with van der Waals surface area (Å²) in [4.78, 5) is 50.9. The van der Waals surface area contributed by atoms with E-state index in [2.05, 4.69) is 36.7 Å². The molecule has 1 saturated heterocycles. The van der Waals surface area contributed by atoms with Crippen LogP contribution in [0.15, 0.2) is 18.2 Å². The van der Waals surface area contributed by atoms with Crippen molar-refractivity contribution in [3.05, 3.63) is 29.3 Å². The second-order valence-corrected chi connectivity index (χ2v) is 12.5. The van der Waals surface area contributed by atoms with E-state index in [1.54, 1.807) is 18.2 Å². The number of hydrogen-bond donors (Lipinski definition) is 3. The molecule has 4 aliphatic rings. The summed E-state index contributed by atoms with van der Waals surface area (Å²) in [6.45, 7) is 9.23. The quantitative estimate of drug-likeness (QED) is 0.296. The second kappa shape index (κ2) is 10.4. The van der Waals surface area contributed by atoms with Gasteiger partial charge in [-0.3, -0.25) is 29.4 Å². The van der Waals surface area contributed by atoms with Gasteiger partial charge in [0, 0.05) is 24.7 Å². The van der Waals surface area contributed by atoms with Gasteiger partial charge in [-0.15, -0.1) is 0 Å². The molecule has 2 aliphatic carbocycles. The van der Waals surface area contributed by atoms with E-state index < -0.39 is 23.8 Å². The Bertz CT molecular complexity index is 1130. The van der Waals surface area contributed by atoms with Crippen molar-refractivity contribution in [2.24, 2.45) is 16.7 Å². The molecule has 8 nitrogen and oxygen atoms in total. The zero-order valence-corrected chi connectivity index (χ0v) is 23.0. The second-order valence-electron chi connectivity index (χ2n) is 12.5. The molecule has 2 heterocycles. The molecule has 0 radical (unpaired) electrons. The lowest BCUT2D eigenvalue weighted by atomic mass is 9.69. The third-order valence-electron chi connectivity index (χ3n) is 10.3. The van der Waals surface area contributed by atoms with Gasteiger partial charge in [0.05, 0.1) is 11.1 Å². The van der Waals surface area contributed by atoms with Crippen LogP contribution in [0.3, 0.4) is 0 Å². The van der Waals surface area contributed by atoms with E-state index in [0.717, 1.165) is 30.2 Å². The van der Waals surface area contributed by atoms with Crippen LogP contribution in [0.4, 0.5) is 5.69 Å². The van der Waals surface area contributed by atoms with Gasteiger partial charge >= 0.3 is 0 Å². The molecule has 206 valence electrons. The number of anilines is 1. The lowest BCUT2D eigenvalue weighted by Crippen LogP contribution is -2.54. The van der Waals surface area contributed by atoms with Crippen LogP contribution in [-0.4, -0.2) is 53.7 Å². The van der Waals surface area contributed by atoms with Crippen molar-refractivity contribution < 1.29 is 19.2 Å². The number of nitrogens with zero attached hydrogens (tertiary/aromatic N) is 1. The average Bonchev–Trinajstić information content (AvgIpc) is 3.34. The molecule has 2 bridgehead atoms. The number of amides is 4. The van der Waals surface area contributed by atoms with Gasteiger partial charge in [-0.1, -0.05) is 46.1 Å². The molecule has 4 atom stereocenters. The zero-order chi connectivity index (χ0) is 27.1. The van der Waals surface area contributed by atoms with E-state index in [-0.39, 0.29) is 18.7 Å². The molecule has 0 aromatic heterocycles. The first kappa shape index (κ1) is 26.9. The number of nitrogens with one attached hydrogen (secondary N) is 3. The molecule has 2 aliphatic heterocycles. The van der Waals surface area contributed by atoms with Gasteiger partial charge in [0.1, 0.15) is 6.04 Å². The highest BCUT2D eigenvalue weighted by Crippen LogP contribution is 2.65. The number of unbranched alkanes of at least 4 members (excludes halogenated alkanes) is 4. The van der Waals surface area contributed by atoms with Crippen LogP contribution in [0.1, 0.15) is 106 Å². The minimum atomic E-state index is -0.944. The number of benzene rings is 1. The Morgan fingerprint density at radius 1 is 0.947 bits per heavy atom. The van der Waals surface area contributed by atoms with Crippen LogP contribution in [-0.2, 0) is 9.59 Å². The van der Waals surface area contributed by atoms with Gasteiger partial charge in [0.25, 0.3) is 11.8 Å². The summed E-state index contributed by atoms with van der Waals surface area (Å²) in [6.07, 6.45) is 10.0. The summed E-state index contributed by atoms with van der Waals surface area (Å²) in [5.74, 6) is -1.03. The highest BCUT2D eigenvalue weighted by atomic mass is 16.2. The Morgan fingerprint density at radius 2 is 1.68 bits per heavy atom. The van der Waals surface area contributed by atoms with Crippen molar-refractivity contribution in [3.63, 3.8) is 0 Å². The molecule has 5 rings (SSSR count). The van der Waals surface area contributed by atoms with E-state index in [1.165, 1.54) is 38.5 Å². The predicted octanol–water partition coefficient (Wildman–Crippen LogP) is 4.25. The monoisotopic (exact) mass is 522 g/mol. The van der Waals surface area contributed by atoms with Crippen LogP contribution in [0.25, 0.3) is 0 Å². The van der Waals surface area contributed by atoms with Crippen molar-refractivity contribution in [1.82, 2.24) is 15.5 Å². The van der Waals surface area contributed by atoms with Gasteiger partial charge in [0.2, 0.25) is 11.8 Å². The molecular weight excluding hydrogens is 480 g/mol. The normalized spacial score (nSPS) is 29.7. The largest absolute Gasteiger partial charge is 0.384 e. The summed E-state index contributed by atoms with van der Waals surface area (Å²) in [7, 11) is 0. The zero-order valence-electron chi connectivity index (χ0n) is 23.0. The van der Waals surface area contributed by atoms with Crippen LogP contribution < -0.4 is 16.0 Å². The van der Waals surface area contributed by atoms with Crippen LogP contribution in [0.2, 0.25) is 0 Å². The molecule has 1 unspecified atom stereocenters. The molecule has 0 spiro atoms. The van der Waals surface area contributed by atoms with E-state index in [1.807, 2.05) is 0 Å². The molecule has 3 N–H and O–H groups in total. The van der Waals surface area contributed by atoms with Gasteiger partial charge in [-0.2, -0.15) is 0 Å².